The van der Waals surface area contributed by atoms with Crippen molar-refractivity contribution in [1.82, 2.24) is 10.2 Å². The van der Waals surface area contributed by atoms with Crippen molar-refractivity contribution in [2.45, 2.75) is 57.7 Å². The highest BCUT2D eigenvalue weighted by atomic mass is 32.2. The first-order chi connectivity index (χ1) is 18.1. The molecule has 2 aromatic carbocycles. The molecule has 1 aliphatic carbocycles. The van der Waals surface area contributed by atoms with Crippen LogP contribution in [-0.4, -0.2) is 63.2 Å². The predicted molar refractivity (Wildman–Crippen MR) is 141 cm³/mol. The van der Waals surface area contributed by atoms with Crippen LogP contribution in [0.15, 0.2) is 42.5 Å². The van der Waals surface area contributed by atoms with Gasteiger partial charge >= 0.3 is 0 Å². The standard InChI is InChI=1S/C27H34FN3O6S/c1-19(27(33)29-21-9-4-3-5-10-21)30(17-20-8-6-7-11-23(20)28)26(32)18-31(38(2,34)35)22-12-13-24-25(16-22)37-15-14-36-24/h6-8,11-13,16,19,21H,3-5,9-10,14-15,17-18H2,1-2H3,(H,29,33)/t19-/m0/s1. The first-order valence-corrected chi connectivity index (χ1v) is 14.7. The number of nitrogens with zero attached hydrogens (tertiary/aromatic N) is 2. The highest BCUT2D eigenvalue weighted by molar-refractivity contribution is 7.92. The number of anilines is 1. The fourth-order valence-electron chi connectivity index (χ4n) is 4.76. The Hall–Kier alpha value is -3.34. The fourth-order valence-corrected chi connectivity index (χ4v) is 5.60. The van der Waals surface area contributed by atoms with E-state index in [2.05, 4.69) is 5.32 Å². The van der Waals surface area contributed by atoms with Crippen LogP contribution in [0.4, 0.5) is 10.1 Å². The number of hydrogen-bond acceptors (Lipinski definition) is 6. The molecule has 2 amide bonds. The fraction of sp³-hybridized carbons (Fsp3) is 0.481. The molecular formula is C27H34FN3O6S. The van der Waals surface area contributed by atoms with Crippen LogP contribution >= 0.6 is 0 Å². The molecule has 206 valence electrons. The van der Waals surface area contributed by atoms with Crippen molar-refractivity contribution in [2.24, 2.45) is 0 Å². The van der Waals surface area contributed by atoms with Crippen molar-refractivity contribution in [3.63, 3.8) is 0 Å². The molecule has 38 heavy (non-hydrogen) atoms. The second-order valence-corrected chi connectivity index (χ2v) is 11.6. The third-order valence-electron chi connectivity index (χ3n) is 6.91. The van der Waals surface area contributed by atoms with Gasteiger partial charge in [0.1, 0.15) is 31.6 Å². The summed E-state index contributed by atoms with van der Waals surface area (Å²) in [6.07, 6.45) is 5.90. The van der Waals surface area contributed by atoms with Crippen LogP contribution in [0.25, 0.3) is 0 Å². The van der Waals surface area contributed by atoms with E-state index in [9.17, 15) is 22.4 Å². The summed E-state index contributed by atoms with van der Waals surface area (Å²) in [5.74, 6) is -0.657. The number of sulfonamides is 1. The normalized spacial score (nSPS) is 16.4. The summed E-state index contributed by atoms with van der Waals surface area (Å²) in [4.78, 5) is 28.1. The highest BCUT2D eigenvalue weighted by Crippen LogP contribution is 2.34. The van der Waals surface area contributed by atoms with E-state index < -0.39 is 34.3 Å². The summed E-state index contributed by atoms with van der Waals surface area (Å²) in [5, 5.41) is 3.01. The van der Waals surface area contributed by atoms with E-state index in [-0.39, 0.29) is 29.7 Å². The molecule has 11 heteroatoms. The number of benzene rings is 2. The van der Waals surface area contributed by atoms with Crippen LogP contribution in [0.1, 0.15) is 44.6 Å². The van der Waals surface area contributed by atoms with Crippen molar-refractivity contribution in [3.8, 4) is 11.5 Å². The van der Waals surface area contributed by atoms with E-state index in [0.29, 0.717) is 24.7 Å². The van der Waals surface area contributed by atoms with Crippen LogP contribution < -0.4 is 19.1 Å². The molecule has 2 aromatic rings. The van der Waals surface area contributed by atoms with Gasteiger partial charge in [-0.25, -0.2) is 12.8 Å². The SMILES string of the molecule is C[C@@H](C(=O)NC1CCCCC1)N(Cc1ccccc1F)C(=O)CN(c1ccc2c(c1)OCCO2)S(C)(=O)=O. The molecule has 0 spiro atoms. The summed E-state index contributed by atoms with van der Waals surface area (Å²) in [6.45, 7) is 1.51. The minimum atomic E-state index is -3.91. The van der Waals surface area contributed by atoms with Gasteiger partial charge in [-0.15, -0.1) is 0 Å². The molecule has 0 aromatic heterocycles. The van der Waals surface area contributed by atoms with Gasteiger partial charge in [-0.1, -0.05) is 37.5 Å². The third-order valence-corrected chi connectivity index (χ3v) is 8.05. The number of halogens is 1. The Bertz CT molecular complexity index is 1270. The molecule has 0 unspecified atom stereocenters. The van der Waals surface area contributed by atoms with Crippen molar-refractivity contribution in [1.29, 1.82) is 0 Å². The number of carbonyl (C=O) groups is 2. The van der Waals surface area contributed by atoms with Crippen molar-refractivity contribution < 1.29 is 31.9 Å². The quantitative estimate of drug-likeness (QED) is 0.517. The van der Waals surface area contributed by atoms with Crippen LogP contribution in [0, 0.1) is 5.82 Å². The Morgan fingerprint density at radius 3 is 2.42 bits per heavy atom. The van der Waals surface area contributed by atoms with E-state index >= 15 is 0 Å². The van der Waals surface area contributed by atoms with Crippen LogP contribution in [-0.2, 0) is 26.2 Å². The molecule has 0 radical (unpaired) electrons. The highest BCUT2D eigenvalue weighted by Gasteiger charge is 2.32. The monoisotopic (exact) mass is 547 g/mol. The van der Waals surface area contributed by atoms with E-state index in [0.717, 1.165) is 42.7 Å². The zero-order valence-electron chi connectivity index (χ0n) is 21.7. The van der Waals surface area contributed by atoms with Crippen LogP contribution in [0.2, 0.25) is 0 Å². The average Bonchev–Trinajstić information content (AvgIpc) is 2.90. The van der Waals surface area contributed by atoms with Gasteiger partial charge in [0.2, 0.25) is 21.8 Å². The lowest BCUT2D eigenvalue weighted by atomic mass is 9.95. The van der Waals surface area contributed by atoms with Gasteiger partial charge in [-0.05, 0) is 38.0 Å². The molecule has 1 saturated carbocycles. The maximum absolute atomic E-state index is 14.6. The number of carbonyl (C=O) groups excluding carboxylic acids is 2. The summed E-state index contributed by atoms with van der Waals surface area (Å²) in [6, 6.07) is 9.69. The molecule has 1 fully saturated rings. The lowest BCUT2D eigenvalue weighted by Crippen LogP contribution is -2.53. The van der Waals surface area contributed by atoms with Crippen LogP contribution in [0.3, 0.4) is 0 Å². The minimum absolute atomic E-state index is 0.0225. The van der Waals surface area contributed by atoms with Crippen molar-refractivity contribution >= 4 is 27.5 Å². The van der Waals surface area contributed by atoms with E-state index in [1.807, 2.05) is 0 Å². The van der Waals surface area contributed by atoms with Gasteiger partial charge in [0.25, 0.3) is 0 Å². The van der Waals surface area contributed by atoms with Gasteiger partial charge in [-0.3, -0.25) is 13.9 Å². The summed E-state index contributed by atoms with van der Waals surface area (Å²) < 4.78 is 52.2. The molecule has 4 rings (SSSR count). The molecule has 2 aliphatic rings. The van der Waals surface area contributed by atoms with E-state index in [4.69, 9.17) is 9.47 Å². The minimum Gasteiger partial charge on any atom is -0.486 e. The third kappa shape index (κ3) is 6.75. The largest absolute Gasteiger partial charge is 0.486 e. The lowest BCUT2D eigenvalue weighted by Gasteiger charge is -2.33. The van der Waals surface area contributed by atoms with Gasteiger partial charge in [0, 0.05) is 24.2 Å². The Kier molecular flexibility index (Phi) is 8.76. The number of rotatable bonds is 9. The molecule has 0 saturated heterocycles. The molecule has 9 nitrogen and oxygen atoms in total. The average molecular weight is 548 g/mol. The van der Waals surface area contributed by atoms with Gasteiger partial charge in [0.05, 0.1) is 11.9 Å². The number of ether oxygens (including phenoxy) is 2. The zero-order chi connectivity index (χ0) is 27.3. The van der Waals surface area contributed by atoms with Crippen LogP contribution in [0.5, 0.6) is 11.5 Å². The Morgan fingerprint density at radius 2 is 1.74 bits per heavy atom. The molecule has 0 bridgehead atoms. The molecule has 1 atom stereocenters. The summed E-state index contributed by atoms with van der Waals surface area (Å²) >= 11 is 0. The predicted octanol–water partition coefficient (Wildman–Crippen LogP) is 3.23. The second-order valence-electron chi connectivity index (χ2n) is 9.73. The zero-order valence-corrected chi connectivity index (χ0v) is 22.5. The van der Waals surface area contributed by atoms with Gasteiger partial charge in [0.15, 0.2) is 11.5 Å². The summed E-state index contributed by atoms with van der Waals surface area (Å²) in [7, 11) is -3.91. The van der Waals surface area contributed by atoms with Gasteiger partial charge in [-0.2, -0.15) is 0 Å². The molecule has 1 heterocycles. The topological polar surface area (TPSA) is 105 Å². The Morgan fingerprint density at radius 1 is 1.05 bits per heavy atom. The molecular weight excluding hydrogens is 513 g/mol. The number of amides is 2. The van der Waals surface area contributed by atoms with Gasteiger partial charge < -0.3 is 19.7 Å². The molecule has 1 N–H and O–H groups in total. The smallest absolute Gasteiger partial charge is 0.244 e. The maximum Gasteiger partial charge on any atom is 0.244 e. The van der Waals surface area contributed by atoms with Crippen molar-refractivity contribution in [2.75, 3.05) is 30.3 Å². The first kappa shape index (κ1) is 27.7. The van der Waals surface area contributed by atoms with E-state index in [1.165, 1.54) is 35.2 Å². The Balaban J connectivity index is 1.60. The lowest BCUT2D eigenvalue weighted by molar-refractivity contribution is -0.139. The Labute approximate surface area is 222 Å². The number of fused-ring (bicyclic) bond motifs is 1. The van der Waals surface area contributed by atoms with Crippen molar-refractivity contribution in [3.05, 3.63) is 53.8 Å². The number of nitrogens with one attached hydrogen (secondary N) is 1. The molecule has 1 aliphatic heterocycles. The second kappa shape index (κ2) is 12.0. The first-order valence-electron chi connectivity index (χ1n) is 12.8. The number of hydrogen-bond donors (Lipinski definition) is 1. The summed E-state index contributed by atoms with van der Waals surface area (Å²) in [5.41, 5.74) is 0.443. The van der Waals surface area contributed by atoms with E-state index in [1.54, 1.807) is 19.1 Å². The maximum atomic E-state index is 14.6.